The quantitative estimate of drug-likeness (QED) is 0.865. The van der Waals surface area contributed by atoms with Gasteiger partial charge in [-0.3, -0.25) is 4.79 Å². The van der Waals surface area contributed by atoms with Gasteiger partial charge in [0, 0.05) is 13.1 Å². The lowest BCUT2D eigenvalue weighted by Crippen LogP contribution is -2.27. The average molecular weight is 275 g/mol. The van der Waals surface area contributed by atoms with Crippen molar-refractivity contribution in [1.29, 1.82) is 0 Å². The summed E-state index contributed by atoms with van der Waals surface area (Å²) in [4.78, 5) is 13.3. The molecule has 0 aromatic heterocycles. The van der Waals surface area contributed by atoms with Crippen molar-refractivity contribution in [3.63, 3.8) is 0 Å². The topological polar surface area (TPSA) is 40.5 Å². The van der Waals surface area contributed by atoms with E-state index in [0.29, 0.717) is 0 Å². The second-order valence-electron chi connectivity index (χ2n) is 6.04. The summed E-state index contributed by atoms with van der Waals surface area (Å²) in [6, 6.07) is 7.89. The average Bonchev–Trinajstić information content (AvgIpc) is 2.41. The molecule has 110 valence electrons. The zero-order valence-electron chi connectivity index (χ0n) is 12.3. The van der Waals surface area contributed by atoms with Gasteiger partial charge in [-0.1, -0.05) is 43.5 Å². The van der Waals surface area contributed by atoms with Gasteiger partial charge >= 0.3 is 5.97 Å². The molecule has 1 fully saturated rings. The molecule has 0 saturated heterocycles. The highest BCUT2D eigenvalue weighted by atomic mass is 16.4. The van der Waals surface area contributed by atoms with Crippen LogP contribution in [0.25, 0.3) is 0 Å². The van der Waals surface area contributed by atoms with E-state index in [1.54, 1.807) is 0 Å². The SMILES string of the molecule is CN(Cc1ccccc1CC(=O)O)CC1CCCCC1. The third kappa shape index (κ3) is 4.64. The van der Waals surface area contributed by atoms with E-state index in [2.05, 4.69) is 18.0 Å². The van der Waals surface area contributed by atoms with Gasteiger partial charge < -0.3 is 10.0 Å². The van der Waals surface area contributed by atoms with Gasteiger partial charge in [-0.25, -0.2) is 0 Å². The molecule has 0 aliphatic heterocycles. The van der Waals surface area contributed by atoms with Crippen LogP contribution in [0.1, 0.15) is 43.2 Å². The van der Waals surface area contributed by atoms with Gasteiger partial charge in [-0.15, -0.1) is 0 Å². The molecule has 0 atom stereocenters. The lowest BCUT2D eigenvalue weighted by molar-refractivity contribution is -0.136. The highest BCUT2D eigenvalue weighted by Crippen LogP contribution is 2.24. The predicted octanol–water partition coefficient (Wildman–Crippen LogP) is 3.33. The van der Waals surface area contributed by atoms with Crippen LogP contribution >= 0.6 is 0 Å². The maximum absolute atomic E-state index is 10.9. The van der Waals surface area contributed by atoms with Crippen LogP contribution < -0.4 is 0 Å². The third-order valence-corrected chi connectivity index (χ3v) is 4.19. The summed E-state index contributed by atoms with van der Waals surface area (Å²) in [5.74, 6) is 0.0627. The Morgan fingerprint density at radius 3 is 2.50 bits per heavy atom. The van der Waals surface area contributed by atoms with Crippen molar-refractivity contribution < 1.29 is 9.90 Å². The molecule has 1 saturated carbocycles. The number of rotatable bonds is 6. The molecule has 1 aromatic carbocycles. The van der Waals surface area contributed by atoms with Crippen molar-refractivity contribution in [1.82, 2.24) is 4.90 Å². The zero-order chi connectivity index (χ0) is 14.4. The Bertz CT molecular complexity index is 438. The van der Waals surface area contributed by atoms with Crippen molar-refractivity contribution in [2.75, 3.05) is 13.6 Å². The minimum absolute atomic E-state index is 0.118. The summed E-state index contributed by atoms with van der Waals surface area (Å²) in [6.07, 6.45) is 6.94. The largest absolute Gasteiger partial charge is 0.481 e. The van der Waals surface area contributed by atoms with Crippen LogP contribution in [0.5, 0.6) is 0 Å². The van der Waals surface area contributed by atoms with Crippen LogP contribution in [-0.2, 0) is 17.8 Å². The van der Waals surface area contributed by atoms with Crippen LogP contribution in [0, 0.1) is 5.92 Å². The van der Waals surface area contributed by atoms with E-state index in [4.69, 9.17) is 5.11 Å². The summed E-state index contributed by atoms with van der Waals surface area (Å²) < 4.78 is 0. The molecule has 1 aromatic rings. The van der Waals surface area contributed by atoms with Gasteiger partial charge in [0.05, 0.1) is 6.42 Å². The van der Waals surface area contributed by atoms with Crippen molar-refractivity contribution in [2.24, 2.45) is 5.92 Å². The monoisotopic (exact) mass is 275 g/mol. The van der Waals surface area contributed by atoms with E-state index < -0.39 is 5.97 Å². The summed E-state index contributed by atoms with van der Waals surface area (Å²) in [5.41, 5.74) is 2.09. The van der Waals surface area contributed by atoms with Crippen LogP contribution in [-0.4, -0.2) is 29.6 Å². The first-order valence-corrected chi connectivity index (χ1v) is 7.62. The lowest BCUT2D eigenvalue weighted by Gasteiger charge is -2.27. The molecule has 1 aliphatic rings. The van der Waals surface area contributed by atoms with Crippen LogP contribution in [0.4, 0.5) is 0 Å². The van der Waals surface area contributed by atoms with Crippen LogP contribution in [0.2, 0.25) is 0 Å². The molecule has 2 rings (SSSR count). The fourth-order valence-corrected chi connectivity index (χ4v) is 3.21. The molecule has 0 heterocycles. The molecule has 0 amide bonds. The highest BCUT2D eigenvalue weighted by Gasteiger charge is 2.16. The molecule has 0 radical (unpaired) electrons. The second kappa shape index (κ2) is 7.44. The Hall–Kier alpha value is -1.35. The van der Waals surface area contributed by atoms with E-state index >= 15 is 0 Å². The first kappa shape index (κ1) is 15.0. The van der Waals surface area contributed by atoms with Crippen LogP contribution in [0.3, 0.4) is 0 Å². The molecule has 0 unspecified atom stereocenters. The van der Waals surface area contributed by atoms with E-state index in [-0.39, 0.29) is 6.42 Å². The van der Waals surface area contributed by atoms with E-state index in [0.717, 1.165) is 30.1 Å². The molecular formula is C17H25NO2. The summed E-state index contributed by atoms with van der Waals surface area (Å²) >= 11 is 0. The van der Waals surface area contributed by atoms with Crippen molar-refractivity contribution in [2.45, 2.75) is 45.1 Å². The van der Waals surface area contributed by atoms with Crippen molar-refractivity contribution in [3.8, 4) is 0 Å². The van der Waals surface area contributed by atoms with Crippen LogP contribution in [0.15, 0.2) is 24.3 Å². The molecule has 1 aliphatic carbocycles. The predicted molar refractivity (Wildman–Crippen MR) is 80.7 cm³/mol. The van der Waals surface area contributed by atoms with Crippen molar-refractivity contribution in [3.05, 3.63) is 35.4 Å². The van der Waals surface area contributed by atoms with E-state index in [1.165, 1.54) is 32.1 Å². The maximum Gasteiger partial charge on any atom is 0.307 e. The summed E-state index contributed by atoms with van der Waals surface area (Å²) in [7, 11) is 2.14. The fourth-order valence-electron chi connectivity index (χ4n) is 3.21. The van der Waals surface area contributed by atoms with Gasteiger partial charge in [0.15, 0.2) is 0 Å². The first-order chi connectivity index (χ1) is 9.65. The Kier molecular flexibility index (Phi) is 5.60. The second-order valence-corrected chi connectivity index (χ2v) is 6.04. The Morgan fingerprint density at radius 2 is 1.85 bits per heavy atom. The Balaban J connectivity index is 1.92. The number of nitrogens with zero attached hydrogens (tertiary/aromatic N) is 1. The summed E-state index contributed by atoms with van der Waals surface area (Å²) in [6.45, 7) is 1.97. The molecule has 3 heteroatoms. The number of aliphatic carboxylic acids is 1. The van der Waals surface area contributed by atoms with E-state index in [1.807, 2.05) is 18.2 Å². The zero-order valence-corrected chi connectivity index (χ0v) is 12.3. The molecule has 0 bridgehead atoms. The number of carboxylic acid groups (broad SMARTS) is 1. The lowest BCUT2D eigenvalue weighted by atomic mass is 9.89. The fraction of sp³-hybridized carbons (Fsp3) is 0.588. The molecular weight excluding hydrogens is 250 g/mol. The minimum Gasteiger partial charge on any atom is -0.481 e. The highest BCUT2D eigenvalue weighted by molar-refractivity contribution is 5.70. The number of carbonyl (C=O) groups is 1. The molecule has 3 nitrogen and oxygen atoms in total. The third-order valence-electron chi connectivity index (χ3n) is 4.19. The smallest absolute Gasteiger partial charge is 0.307 e. The molecule has 0 spiro atoms. The molecule has 1 N–H and O–H groups in total. The Labute approximate surface area is 121 Å². The number of carboxylic acids is 1. The standard InChI is InChI=1S/C17H25NO2/c1-18(12-14-7-3-2-4-8-14)13-16-10-6-5-9-15(16)11-17(19)20/h5-6,9-10,14H,2-4,7-8,11-13H2,1H3,(H,19,20). The van der Waals surface area contributed by atoms with E-state index in [9.17, 15) is 4.79 Å². The van der Waals surface area contributed by atoms with Gasteiger partial charge in [0.25, 0.3) is 0 Å². The number of benzene rings is 1. The van der Waals surface area contributed by atoms with Gasteiger partial charge in [-0.05, 0) is 36.9 Å². The van der Waals surface area contributed by atoms with Gasteiger partial charge in [0.2, 0.25) is 0 Å². The maximum atomic E-state index is 10.9. The van der Waals surface area contributed by atoms with Gasteiger partial charge in [-0.2, -0.15) is 0 Å². The summed E-state index contributed by atoms with van der Waals surface area (Å²) in [5, 5.41) is 8.97. The normalized spacial score (nSPS) is 16.5. The number of hydrogen-bond acceptors (Lipinski definition) is 2. The molecule has 20 heavy (non-hydrogen) atoms. The van der Waals surface area contributed by atoms with Gasteiger partial charge in [0.1, 0.15) is 0 Å². The Morgan fingerprint density at radius 1 is 1.20 bits per heavy atom. The minimum atomic E-state index is -0.757. The first-order valence-electron chi connectivity index (χ1n) is 7.62. The van der Waals surface area contributed by atoms with Crippen molar-refractivity contribution >= 4 is 5.97 Å². The number of hydrogen-bond donors (Lipinski definition) is 1.